The fourth-order valence-electron chi connectivity index (χ4n) is 10.9. The summed E-state index contributed by atoms with van der Waals surface area (Å²) in [5.74, 6) is -1.21. The summed E-state index contributed by atoms with van der Waals surface area (Å²) in [6.07, 6.45) is 78.4. The number of allylic oxidation sites excluding steroid dienone is 17. The highest BCUT2D eigenvalue weighted by molar-refractivity contribution is 5.80. The third kappa shape index (κ3) is 51.5. The Morgan fingerprint density at radius 3 is 1.18 bits per heavy atom. The molecule has 0 aliphatic carbocycles. The zero-order chi connectivity index (χ0) is 64.6. The van der Waals surface area contributed by atoms with E-state index >= 15 is 0 Å². The van der Waals surface area contributed by atoms with Crippen LogP contribution < -0.4 is 5.32 Å². The van der Waals surface area contributed by atoms with E-state index in [2.05, 4.69) is 123 Å². The second kappa shape index (κ2) is 64.4. The highest BCUT2D eigenvalue weighted by atomic mass is 16.7. The second-order valence-corrected chi connectivity index (χ2v) is 25.0. The number of ether oxygens (including phenoxy) is 3. The maximum Gasteiger partial charge on any atom is 0.306 e. The van der Waals surface area contributed by atoms with E-state index in [1.54, 1.807) is 6.08 Å². The molecule has 1 fully saturated rings. The first-order valence-electron chi connectivity index (χ1n) is 36.7. The molecule has 89 heavy (non-hydrogen) atoms. The molecule has 11 nitrogen and oxygen atoms in total. The van der Waals surface area contributed by atoms with Crippen LogP contribution >= 0.6 is 0 Å². The molecule has 6 N–H and O–H groups in total. The zero-order valence-electron chi connectivity index (χ0n) is 57.0. The second-order valence-electron chi connectivity index (χ2n) is 25.0. The predicted octanol–water partition coefficient (Wildman–Crippen LogP) is 19.2. The molecule has 1 aliphatic heterocycles. The molecule has 1 aliphatic rings. The fraction of sp³-hybridized carbons (Fsp3) is 0.744. The van der Waals surface area contributed by atoms with Crippen molar-refractivity contribution in [3.05, 3.63) is 109 Å². The van der Waals surface area contributed by atoms with Crippen LogP contribution in [-0.4, -0.2) is 99.6 Å². The Hall–Kier alpha value is -3.68. The molecule has 0 aromatic heterocycles. The van der Waals surface area contributed by atoms with Gasteiger partial charge in [0.05, 0.1) is 25.4 Å². The quantitative estimate of drug-likeness (QED) is 0.0195. The Bertz CT molecular complexity index is 1870. The average Bonchev–Trinajstić information content (AvgIpc) is 1.43. The minimum Gasteiger partial charge on any atom is -0.454 e. The smallest absolute Gasteiger partial charge is 0.306 e. The lowest BCUT2D eigenvalue weighted by Gasteiger charge is -2.41. The number of aliphatic hydroxyl groups is 5. The van der Waals surface area contributed by atoms with Gasteiger partial charge in [0.25, 0.3) is 0 Å². The van der Waals surface area contributed by atoms with Crippen LogP contribution in [0.15, 0.2) is 109 Å². The van der Waals surface area contributed by atoms with Crippen molar-refractivity contribution in [1.29, 1.82) is 0 Å². The monoisotopic (exact) mass is 1250 g/mol. The molecule has 11 heteroatoms. The van der Waals surface area contributed by atoms with E-state index in [0.717, 1.165) is 128 Å². The standard InChI is InChI=1S/C78H135NO10/c1-4-7-10-13-16-19-22-24-26-28-30-32-34-35-36-37-38-40-42-44-46-48-51-54-57-60-63-66-73(83)89-76-75(85)74(84)72(67-80)88-78(76)87-68-69(70(81)64-61-58-55-52-49-21-18-15-12-9-6-3)79-77(86)71(82)65-62-59-56-53-50-47-45-43-41-39-33-31-29-27-25-23-20-17-14-11-8-5-2/h16-17,19-20,24-27,30-33,35-36,41,43,61,64,69-72,74-76,78,80-82,84-85H,4-15,18,21-23,28-29,34,37-40,42,44-60,62-63,65-68H2,1-3H3,(H,79,86)/b19-16-,20-17-,26-24-,27-25-,32-30-,33-31-,36-35-,43-41-,64-61+. The van der Waals surface area contributed by atoms with Crippen molar-refractivity contribution >= 4 is 11.9 Å². The number of aliphatic hydroxyl groups excluding tert-OH is 5. The van der Waals surface area contributed by atoms with Gasteiger partial charge in [-0.15, -0.1) is 0 Å². The van der Waals surface area contributed by atoms with Gasteiger partial charge in [0.1, 0.15) is 24.4 Å². The summed E-state index contributed by atoms with van der Waals surface area (Å²) < 4.78 is 17.7. The number of hydrogen-bond acceptors (Lipinski definition) is 10. The number of nitrogens with one attached hydrogen (secondary N) is 1. The van der Waals surface area contributed by atoms with Crippen LogP contribution in [0.25, 0.3) is 0 Å². The average molecular weight is 1250 g/mol. The van der Waals surface area contributed by atoms with Crippen molar-refractivity contribution in [2.45, 2.75) is 359 Å². The van der Waals surface area contributed by atoms with Gasteiger partial charge < -0.3 is 45.1 Å². The van der Waals surface area contributed by atoms with Crippen LogP contribution in [0.5, 0.6) is 0 Å². The van der Waals surface area contributed by atoms with Crippen molar-refractivity contribution in [2.24, 2.45) is 0 Å². The van der Waals surface area contributed by atoms with Crippen molar-refractivity contribution in [2.75, 3.05) is 13.2 Å². The third-order valence-electron chi connectivity index (χ3n) is 16.6. The van der Waals surface area contributed by atoms with E-state index in [4.69, 9.17) is 14.2 Å². The largest absolute Gasteiger partial charge is 0.454 e. The van der Waals surface area contributed by atoms with Crippen molar-refractivity contribution in [3.8, 4) is 0 Å². The highest BCUT2D eigenvalue weighted by Gasteiger charge is 2.47. The Morgan fingerprint density at radius 2 is 0.775 bits per heavy atom. The maximum absolute atomic E-state index is 13.5. The zero-order valence-corrected chi connectivity index (χ0v) is 57.0. The Balaban J connectivity index is 2.55. The lowest BCUT2D eigenvalue weighted by molar-refractivity contribution is -0.305. The lowest BCUT2D eigenvalue weighted by atomic mass is 9.99. The number of carbonyl (C=O) groups is 2. The molecular formula is C78H135NO10. The molecule has 1 heterocycles. The summed E-state index contributed by atoms with van der Waals surface area (Å²) in [6.45, 7) is 5.74. The summed E-state index contributed by atoms with van der Waals surface area (Å²) in [5, 5.41) is 57.2. The summed E-state index contributed by atoms with van der Waals surface area (Å²) in [7, 11) is 0. The third-order valence-corrected chi connectivity index (χ3v) is 16.6. The molecule has 0 aromatic rings. The number of amides is 1. The first-order chi connectivity index (χ1) is 43.7. The Kier molecular flexibility index (Phi) is 60.3. The van der Waals surface area contributed by atoms with Crippen molar-refractivity contribution in [1.82, 2.24) is 5.32 Å². The van der Waals surface area contributed by atoms with Gasteiger partial charge in [-0.1, -0.05) is 297 Å². The predicted molar refractivity (Wildman–Crippen MR) is 375 cm³/mol. The van der Waals surface area contributed by atoms with Crippen molar-refractivity contribution in [3.63, 3.8) is 0 Å². The molecule has 8 atom stereocenters. The summed E-state index contributed by atoms with van der Waals surface area (Å²) in [6, 6.07) is -1.04. The van der Waals surface area contributed by atoms with Gasteiger partial charge in [0, 0.05) is 6.42 Å². The molecule has 0 spiro atoms. The molecule has 8 unspecified atom stereocenters. The number of carbonyl (C=O) groups excluding carboxylic acids is 2. The molecule has 0 saturated carbocycles. The van der Waals surface area contributed by atoms with Crippen LogP contribution in [0.3, 0.4) is 0 Å². The van der Waals surface area contributed by atoms with E-state index < -0.39 is 67.4 Å². The molecule has 1 rings (SSSR count). The summed E-state index contributed by atoms with van der Waals surface area (Å²) >= 11 is 0. The van der Waals surface area contributed by atoms with Crippen LogP contribution in [-0.2, 0) is 23.8 Å². The molecular weight excluding hydrogens is 1110 g/mol. The fourth-order valence-corrected chi connectivity index (χ4v) is 10.9. The lowest BCUT2D eigenvalue weighted by Crippen LogP contribution is -2.61. The minimum absolute atomic E-state index is 0.113. The topological polar surface area (TPSA) is 175 Å². The van der Waals surface area contributed by atoms with Crippen LogP contribution in [0.2, 0.25) is 0 Å². The van der Waals surface area contributed by atoms with Gasteiger partial charge >= 0.3 is 5.97 Å². The van der Waals surface area contributed by atoms with E-state index in [0.29, 0.717) is 12.8 Å². The van der Waals surface area contributed by atoms with Crippen LogP contribution in [0.1, 0.15) is 310 Å². The number of unbranched alkanes of at least 4 members (excludes halogenated alkanes) is 32. The Labute approximate surface area is 545 Å². The number of esters is 1. The molecule has 512 valence electrons. The van der Waals surface area contributed by atoms with Crippen LogP contribution in [0.4, 0.5) is 0 Å². The van der Waals surface area contributed by atoms with Crippen molar-refractivity contribution < 1.29 is 49.3 Å². The number of rotatable bonds is 62. The molecule has 0 radical (unpaired) electrons. The molecule has 0 bridgehead atoms. The van der Waals surface area contributed by atoms with E-state index in [1.807, 2.05) is 6.08 Å². The van der Waals surface area contributed by atoms with Gasteiger partial charge in [0.15, 0.2) is 12.4 Å². The van der Waals surface area contributed by atoms with Gasteiger partial charge in [-0.25, -0.2) is 0 Å². The van der Waals surface area contributed by atoms with Gasteiger partial charge in [0.2, 0.25) is 5.91 Å². The Morgan fingerprint density at radius 1 is 0.438 bits per heavy atom. The molecule has 0 aromatic carbocycles. The van der Waals surface area contributed by atoms with Crippen LogP contribution in [0, 0.1) is 0 Å². The minimum atomic E-state index is -1.62. The first-order valence-corrected chi connectivity index (χ1v) is 36.7. The normalized spacial score (nSPS) is 18.8. The maximum atomic E-state index is 13.5. The summed E-state index contributed by atoms with van der Waals surface area (Å²) in [4.78, 5) is 26.7. The van der Waals surface area contributed by atoms with Gasteiger partial charge in [-0.3, -0.25) is 9.59 Å². The molecule has 1 saturated heterocycles. The SMILES string of the molecule is CCCCC/C=C\C/C=C\C/C=C\C/C=C\CCCCCCCCCCCCCC(=O)OC1C(OCC(NC(=O)C(O)CCCCCCCC/C=C\C/C=C\C/C=C\C/C=C\CCCCC)C(O)/C=C/CCCCCCCCCCC)OC(CO)C(O)C1O. The number of hydrogen-bond donors (Lipinski definition) is 6. The molecule has 1 amide bonds. The van der Waals surface area contributed by atoms with Gasteiger partial charge in [-0.2, -0.15) is 0 Å². The summed E-state index contributed by atoms with van der Waals surface area (Å²) in [5.41, 5.74) is 0. The van der Waals surface area contributed by atoms with E-state index in [-0.39, 0.29) is 19.4 Å². The first kappa shape index (κ1) is 83.3. The van der Waals surface area contributed by atoms with E-state index in [1.165, 1.54) is 135 Å². The van der Waals surface area contributed by atoms with E-state index in [9.17, 15) is 35.1 Å². The highest BCUT2D eigenvalue weighted by Crippen LogP contribution is 2.26. The van der Waals surface area contributed by atoms with Gasteiger partial charge in [-0.05, 0) is 116 Å².